The van der Waals surface area contributed by atoms with E-state index < -0.39 is 11.6 Å². The minimum Gasteiger partial charge on any atom is -0.479 e. The van der Waals surface area contributed by atoms with Gasteiger partial charge in [0, 0.05) is 31.1 Å². The second-order valence-electron chi connectivity index (χ2n) is 8.41. The predicted octanol–water partition coefficient (Wildman–Crippen LogP) is 3.81. The van der Waals surface area contributed by atoms with Crippen LogP contribution in [-0.2, 0) is 20.2 Å². The summed E-state index contributed by atoms with van der Waals surface area (Å²) >= 11 is 0. The van der Waals surface area contributed by atoms with Crippen molar-refractivity contribution in [3.63, 3.8) is 0 Å². The number of aromatic nitrogens is 8. The van der Waals surface area contributed by atoms with Gasteiger partial charge in [-0.2, -0.15) is 15.1 Å². The van der Waals surface area contributed by atoms with Gasteiger partial charge in [0.1, 0.15) is 30.1 Å². The fraction of sp³-hybridized carbons (Fsp3) is 0.160. The van der Waals surface area contributed by atoms with Crippen molar-refractivity contribution in [2.24, 2.45) is 7.05 Å². The van der Waals surface area contributed by atoms with Gasteiger partial charge in [0.2, 0.25) is 5.88 Å². The molecule has 0 bridgehead atoms. The van der Waals surface area contributed by atoms with Crippen molar-refractivity contribution in [2.75, 3.05) is 7.11 Å². The van der Waals surface area contributed by atoms with Crippen LogP contribution in [0.1, 0.15) is 11.1 Å². The summed E-state index contributed by atoms with van der Waals surface area (Å²) in [7, 11) is 3.35. The Hall–Kier alpha value is -4.87. The topological polar surface area (TPSA) is 97.7 Å². The largest absolute Gasteiger partial charge is 0.479 e. The Morgan fingerprint density at radius 1 is 0.973 bits per heavy atom. The van der Waals surface area contributed by atoms with Gasteiger partial charge in [-0.1, -0.05) is 0 Å². The average Bonchev–Trinajstić information content (AvgIpc) is 3.59. The Bertz CT molecular complexity index is 1740. The lowest BCUT2D eigenvalue weighted by atomic mass is 10.2. The summed E-state index contributed by atoms with van der Waals surface area (Å²) in [4.78, 5) is 17.6. The quantitative estimate of drug-likeness (QED) is 0.327. The first kappa shape index (κ1) is 22.6. The number of imidazole rings is 1. The van der Waals surface area contributed by atoms with E-state index in [9.17, 15) is 8.78 Å². The number of benzene rings is 1. The molecule has 5 heterocycles. The van der Waals surface area contributed by atoms with Gasteiger partial charge < -0.3 is 14.0 Å². The van der Waals surface area contributed by atoms with Crippen LogP contribution in [-0.4, -0.2) is 46.0 Å². The van der Waals surface area contributed by atoms with Gasteiger partial charge in [0.25, 0.3) is 6.01 Å². The fourth-order valence-corrected chi connectivity index (χ4v) is 4.26. The SMILES string of the molecule is COc1ncnc2ccn(-c3cnc4nc(OCc5cnn(C)c5)n(Cc5cc(F)cc(F)c5)c4c3)c12. The molecule has 0 spiro atoms. The summed E-state index contributed by atoms with van der Waals surface area (Å²) in [5.41, 5.74) is 4.37. The minimum absolute atomic E-state index is 0.109. The molecule has 0 atom stereocenters. The summed E-state index contributed by atoms with van der Waals surface area (Å²) in [6, 6.07) is 7.36. The Labute approximate surface area is 208 Å². The van der Waals surface area contributed by atoms with Crippen molar-refractivity contribution in [2.45, 2.75) is 13.2 Å². The van der Waals surface area contributed by atoms with Crippen LogP contribution in [0, 0.1) is 11.6 Å². The predicted molar refractivity (Wildman–Crippen MR) is 130 cm³/mol. The van der Waals surface area contributed by atoms with Crippen LogP contribution in [0.2, 0.25) is 0 Å². The van der Waals surface area contributed by atoms with E-state index in [2.05, 4.69) is 25.0 Å². The van der Waals surface area contributed by atoms with Gasteiger partial charge in [-0.3, -0.25) is 9.25 Å². The molecular weight excluding hydrogens is 482 g/mol. The first-order valence-electron chi connectivity index (χ1n) is 11.3. The molecule has 0 unspecified atom stereocenters. The summed E-state index contributed by atoms with van der Waals surface area (Å²) in [5, 5.41) is 4.15. The summed E-state index contributed by atoms with van der Waals surface area (Å²) in [5.74, 6) is -0.914. The number of hydrogen-bond donors (Lipinski definition) is 0. The number of pyridine rings is 1. The highest BCUT2D eigenvalue weighted by atomic mass is 19.1. The van der Waals surface area contributed by atoms with Crippen LogP contribution < -0.4 is 9.47 Å². The van der Waals surface area contributed by atoms with E-state index in [-0.39, 0.29) is 19.2 Å². The smallest absolute Gasteiger partial charge is 0.299 e. The summed E-state index contributed by atoms with van der Waals surface area (Å²) in [6.07, 6.45) is 8.47. The Balaban J connectivity index is 1.47. The van der Waals surface area contributed by atoms with Crippen LogP contribution in [0.3, 0.4) is 0 Å². The third-order valence-corrected chi connectivity index (χ3v) is 5.86. The zero-order valence-electron chi connectivity index (χ0n) is 19.8. The van der Waals surface area contributed by atoms with Crippen molar-refractivity contribution in [1.29, 1.82) is 0 Å². The number of nitrogens with zero attached hydrogens (tertiary/aromatic N) is 8. The standard InChI is InChI=1S/C25H20F2N8O2/c1-33-11-16(9-31-33)13-37-25-32-23-21(35(25)12-15-5-17(26)7-18(27)6-15)8-19(10-28-23)34-4-3-20-22(34)24(36-2)30-14-29-20/h3-11,14H,12-13H2,1-2H3. The first-order chi connectivity index (χ1) is 18.0. The lowest BCUT2D eigenvalue weighted by Gasteiger charge is -2.11. The van der Waals surface area contributed by atoms with Crippen molar-refractivity contribution in [3.8, 4) is 17.6 Å². The number of rotatable bonds is 7. The average molecular weight is 502 g/mol. The number of fused-ring (bicyclic) bond motifs is 2. The molecule has 6 rings (SSSR count). The van der Waals surface area contributed by atoms with Crippen LogP contribution in [0.15, 0.2) is 61.4 Å². The highest BCUT2D eigenvalue weighted by molar-refractivity contribution is 5.83. The van der Waals surface area contributed by atoms with E-state index in [0.29, 0.717) is 39.3 Å². The van der Waals surface area contributed by atoms with E-state index in [1.165, 1.54) is 18.5 Å². The number of methoxy groups -OCH3 is 1. The maximum Gasteiger partial charge on any atom is 0.299 e. The lowest BCUT2D eigenvalue weighted by molar-refractivity contribution is 0.270. The molecule has 0 aliphatic heterocycles. The van der Waals surface area contributed by atoms with Gasteiger partial charge >= 0.3 is 0 Å². The zero-order valence-corrected chi connectivity index (χ0v) is 19.8. The molecular formula is C25H20F2N8O2. The van der Waals surface area contributed by atoms with Gasteiger partial charge in [-0.05, 0) is 29.8 Å². The Morgan fingerprint density at radius 2 is 1.81 bits per heavy atom. The van der Waals surface area contributed by atoms with Crippen molar-refractivity contribution >= 4 is 22.2 Å². The molecule has 0 amide bonds. The molecule has 0 aliphatic carbocycles. The van der Waals surface area contributed by atoms with Crippen LogP contribution in [0.4, 0.5) is 8.78 Å². The molecule has 186 valence electrons. The first-order valence-corrected chi connectivity index (χ1v) is 11.3. The second-order valence-corrected chi connectivity index (χ2v) is 8.41. The molecule has 0 radical (unpaired) electrons. The maximum atomic E-state index is 14.0. The molecule has 1 aromatic carbocycles. The van der Waals surface area contributed by atoms with E-state index in [4.69, 9.17) is 9.47 Å². The van der Waals surface area contributed by atoms with Gasteiger partial charge in [-0.15, -0.1) is 0 Å². The van der Waals surface area contributed by atoms with E-state index in [0.717, 1.165) is 11.6 Å². The molecule has 5 aromatic heterocycles. The molecule has 0 saturated carbocycles. The van der Waals surface area contributed by atoms with Crippen LogP contribution >= 0.6 is 0 Å². The van der Waals surface area contributed by atoms with Crippen LogP contribution in [0.5, 0.6) is 11.9 Å². The second kappa shape index (κ2) is 8.97. The van der Waals surface area contributed by atoms with Crippen molar-refractivity contribution in [3.05, 3.63) is 84.2 Å². The van der Waals surface area contributed by atoms with Gasteiger partial charge in [0.15, 0.2) is 5.65 Å². The lowest BCUT2D eigenvalue weighted by Crippen LogP contribution is -2.06. The molecule has 0 aliphatic rings. The molecule has 0 fully saturated rings. The molecule has 0 saturated heterocycles. The highest BCUT2D eigenvalue weighted by Gasteiger charge is 2.18. The molecule has 10 nitrogen and oxygen atoms in total. The van der Waals surface area contributed by atoms with Crippen molar-refractivity contribution in [1.82, 2.24) is 38.9 Å². The van der Waals surface area contributed by atoms with E-state index >= 15 is 0 Å². The number of ether oxygens (including phenoxy) is 2. The number of hydrogen-bond acceptors (Lipinski definition) is 7. The summed E-state index contributed by atoms with van der Waals surface area (Å²) in [6.45, 7) is 0.315. The molecule has 37 heavy (non-hydrogen) atoms. The Morgan fingerprint density at radius 3 is 2.57 bits per heavy atom. The Kier molecular flexibility index (Phi) is 5.48. The van der Waals surface area contributed by atoms with E-state index in [1.807, 2.05) is 36.1 Å². The number of aryl methyl sites for hydroxylation is 1. The zero-order chi connectivity index (χ0) is 25.5. The minimum atomic E-state index is -0.665. The number of halogens is 2. The normalized spacial score (nSPS) is 11.5. The maximum absolute atomic E-state index is 14.0. The summed E-state index contributed by atoms with van der Waals surface area (Å²) < 4.78 is 44.6. The monoisotopic (exact) mass is 502 g/mol. The third kappa shape index (κ3) is 4.22. The van der Waals surface area contributed by atoms with Crippen molar-refractivity contribution < 1.29 is 18.3 Å². The third-order valence-electron chi connectivity index (χ3n) is 5.86. The highest BCUT2D eigenvalue weighted by Crippen LogP contribution is 2.29. The fourth-order valence-electron chi connectivity index (χ4n) is 4.26. The molecule has 12 heteroatoms. The van der Waals surface area contributed by atoms with Crippen LogP contribution in [0.25, 0.3) is 27.9 Å². The molecule has 6 aromatic rings. The van der Waals surface area contributed by atoms with Gasteiger partial charge in [-0.25, -0.2) is 18.7 Å². The molecule has 0 N–H and O–H groups in total. The van der Waals surface area contributed by atoms with Gasteiger partial charge in [0.05, 0.1) is 42.8 Å². The van der Waals surface area contributed by atoms with E-state index in [1.54, 1.807) is 28.8 Å².